The van der Waals surface area contributed by atoms with Gasteiger partial charge in [-0.25, -0.2) is 0 Å². The van der Waals surface area contributed by atoms with Crippen LogP contribution in [0.15, 0.2) is 30.3 Å². The lowest BCUT2D eigenvalue weighted by atomic mass is 9.96. The molecule has 0 aliphatic carbocycles. The molecule has 18 heavy (non-hydrogen) atoms. The van der Waals surface area contributed by atoms with Crippen molar-refractivity contribution in [3.05, 3.63) is 35.9 Å². The lowest BCUT2D eigenvalue weighted by Gasteiger charge is -2.24. The van der Waals surface area contributed by atoms with E-state index in [9.17, 15) is 9.90 Å². The summed E-state index contributed by atoms with van der Waals surface area (Å²) < 4.78 is 0. The molecule has 0 bridgehead atoms. The Morgan fingerprint density at radius 1 is 1.39 bits per heavy atom. The summed E-state index contributed by atoms with van der Waals surface area (Å²) in [7, 11) is 0. The van der Waals surface area contributed by atoms with Gasteiger partial charge in [0.2, 0.25) is 5.91 Å². The van der Waals surface area contributed by atoms with Gasteiger partial charge in [-0.05, 0) is 18.2 Å². The number of amides is 1. The molecule has 1 amide bonds. The van der Waals surface area contributed by atoms with E-state index in [4.69, 9.17) is 0 Å². The van der Waals surface area contributed by atoms with E-state index in [2.05, 4.69) is 12.2 Å². The number of thioether (sulfide) groups is 1. The summed E-state index contributed by atoms with van der Waals surface area (Å²) in [6.45, 7) is 4.03. The second kappa shape index (κ2) is 7.44. The van der Waals surface area contributed by atoms with E-state index in [1.807, 2.05) is 30.3 Å². The van der Waals surface area contributed by atoms with Crippen molar-refractivity contribution < 1.29 is 9.90 Å². The van der Waals surface area contributed by atoms with Crippen LogP contribution in [0.4, 0.5) is 0 Å². The third-order valence-corrected chi connectivity index (χ3v) is 3.60. The molecular formula is C14H21NO2S. The normalized spacial score (nSPS) is 13.9. The minimum atomic E-state index is -1.02. The van der Waals surface area contributed by atoms with Gasteiger partial charge < -0.3 is 10.4 Å². The summed E-state index contributed by atoms with van der Waals surface area (Å²) in [5.41, 5.74) is -0.206. The minimum absolute atomic E-state index is 0.00726. The van der Waals surface area contributed by atoms with Gasteiger partial charge in [-0.3, -0.25) is 4.79 Å². The van der Waals surface area contributed by atoms with Crippen LogP contribution < -0.4 is 5.32 Å². The summed E-state index contributed by atoms with van der Waals surface area (Å²) >= 11 is 1.74. The minimum Gasteiger partial charge on any atom is -0.384 e. The Kier molecular flexibility index (Phi) is 6.22. The van der Waals surface area contributed by atoms with Gasteiger partial charge in [0, 0.05) is 12.2 Å². The van der Waals surface area contributed by atoms with Crippen LogP contribution in [0, 0.1) is 0 Å². The second-order valence-corrected chi connectivity index (χ2v) is 5.76. The predicted molar refractivity (Wildman–Crippen MR) is 76.6 cm³/mol. The zero-order chi connectivity index (χ0) is 13.4. The topological polar surface area (TPSA) is 49.3 Å². The smallest absolute Gasteiger partial charge is 0.220 e. The Labute approximate surface area is 113 Å². The number of hydrogen-bond donors (Lipinski definition) is 2. The fourth-order valence-corrected chi connectivity index (χ4v) is 2.19. The van der Waals surface area contributed by atoms with Crippen molar-refractivity contribution >= 4 is 17.7 Å². The van der Waals surface area contributed by atoms with Gasteiger partial charge >= 0.3 is 0 Å². The van der Waals surface area contributed by atoms with E-state index in [0.717, 1.165) is 17.1 Å². The van der Waals surface area contributed by atoms with E-state index in [-0.39, 0.29) is 12.5 Å². The molecule has 4 heteroatoms. The maximum Gasteiger partial charge on any atom is 0.220 e. The van der Waals surface area contributed by atoms with Gasteiger partial charge in [0.15, 0.2) is 0 Å². The molecule has 0 saturated heterocycles. The van der Waals surface area contributed by atoms with E-state index < -0.39 is 5.60 Å². The number of hydrogen-bond acceptors (Lipinski definition) is 3. The molecule has 0 heterocycles. The first-order valence-corrected chi connectivity index (χ1v) is 7.34. The molecule has 1 aromatic rings. The maximum atomic E-state index is 11.6. The van der Waals surface area contributed by atoms with Crippen molar-refractivity contribution in [1.29, 1.82) is 0 Å². The Hall–Kier alpha value is -1.00. The SMILES string of the molecule is CCSCCC(=O)NCC(C)(O)c1ccccc1. The summed E-state index contributed by atoms with van der Waals surface area (Å²) in [6.07, 6.45) is 0.503. The molecule has 0 aliphatic rings. The number of rotatable bonds is 7. The molecule has 1 unspecified atom stereocenters. The summed E-state index contributed by atoms with van der Waals surface area (Å²) in [6, 6.07) is 9.38. The van der Waals surface area contributed by atoms with Crippen molar-refractivity contribution in [2.75, 3.05) is 18.1 Å². The number of carbonyl (C=O) groups is 1. The lowest BCUT2D eigenvalue weighted by molar-refractivity contribution is -0.121. The average molecular weight is 267 g/mol. The highest BCUT2D eigenvalue weighted by atomic mass is 32.2. The Morgan fingerprint density at radius 3 is 2.67 bits per heavy atom. The van der Waals surface area contributed by atoms with Gasteiger partial charge in [-0.15, -0.1) is 0 Å². The van der Waals surface area contributed by atoms with Crippen molar-refractivity contribution in [2.45, 2.75) is 25.9 Å². The molecular weight excluding hydrogens is 246 g/mol. The fourth-order valence-electron chi connectivity index (χ4n) is 1.57. The Morgan fingerprint density at radius 2 is 2.06 bits per heavy atom. The summed E-state index contributed by atoms with van der Waals surface area (Å²) in [4.78, 5) is 11.6. The van der Waals surface area contributed by atoms with E-state index in [0.29, 0.717) is 6.42 Å². The zero-order valence-electron chi connectivity index (χ0n) is 11.0. The highest BCUT2D eigenvalue weighted by molar-refractivity contribution is 7.99. The first kappa shape index (κ1) is 15.1. The van der Waals surface area contributed by atoms with Crippen LogP contribution in [-0.4, -0.2) is 29.1 Å². The van der Waals surface area contributed by atoms with Crippen LogP contribution >= 0.6 is 11.8 Å². The largest absolute Gasteiger partial charge is 0.384 e. The Bertz CT molecular complexity index is 365. The Balaban J connectivity index is 2.40. The molecule has 3 nitrogen and oxygen atoms in total. The monoisotopic (exact) mass is 267 g/mol. The lowest BCUT2D eigenvalue weighted by Crippen LogP contribution is -2.38. The fraction of sp³-hybridized carbons (Fsp3) is 0.500. The van der Waals surface area contributed by atoms with Crippen LogP contribution in [0.2, 0.25) is 0 Å². The van der Waals surface area contributed by atoms with Crippen LogP contribution in [0.1, 0.15) is 25.8 Å². The van der Waals surface area contributed by atoms with Gasteiger partial charge in [0.25, 0.3) is 0 Å². The van der Waals surface area contributed by atoms with Crippen molar-refractivity contribution in [3.8, 4) is 0 Å². The number of nitrogens with one attached hydrogen (secondary N) is 1. The number of carbonyl (C=O) groups excluding carboxylic acids is 1. The van der Waals surface area contributed by atoms with Gasteiger partial charge in [0.05, 0.1) is 6.54 Å². The highest BCUT2D eigenvalue weighted by Crippen LogP contribution is 2.18. The highest BCUT2D eigenvalue weighted by Gasteiger charge is 2.23. The van der Waals surface area contributed by atoms with Crippen molar-refractivity contribution in [3.63, 3.8) is 0 Å². The quantitative estimate of drug-likeness (QED) is 0.744. The third-order valence-electron chi connectivity index (χ3n) is 2.70. The van der Waals surface area contributed by atoms with Gasteiger partial charge in [-0.2, -0.15) is 11.8 Å². The molecule has 1 rings (SSSR count). The molecule has 2 N–H and O–H groups in total. The zero-order valence-corrected chi connectivity index (χ0v) is 11.8. The number of benzene rings is 1. The first-order valence-electron chi connectivity index (χ1n) is 6.18. The first-order chi connectivity index (χ1) is 8.56. The summed E-state index contributed by atoms with van der Waals surface area (Å²) in [5, 5.41) is 13.1. The van der Waals surface area contributed by atoms with Crippen molar-refractivity contribution in [2.24, 2.45) is 0 Å². The summed E-state index contributed by atoms with van der Waals surface area (Å²) in [5.74, 6) is 1.84. The molecule has 100 valence electrons. The molecule has 0 aliphatic heterocycles. The van der Waals surface area contributed by atoms with Crippen molar-refractivity contribution in [1.82, 2.24) is 5.32 Å². The maximum absolute atomic E-state index is 11.6. The van der Waals surface area contributed by atoms with E-state index >= 15 is 0 Å². The molecule has 0 fully saturated rings. The van der Waals surface area contributed by atoms with Crippen LogP contribution in [0.5, 0.6) is 0 Å². The van der Waals surface area contributed by atoms with Crippen LogP contribution in [0.25, 0.3) is 0 Å². The standard InChI is InChI=1S/C14H21NO2S/c1-3-18-10-9-13(16)15-11-14(2,17)12-7-5-4-6-8-12/h4-8,17H,3,9-11H2,1-2H3,(H,15,16). The number of aliphatic hydroxyl groups is 1. The predicted octanol–water partition coefficient (Wildman–Crippen LogP) is 2.15. The third kappa shape index (κ3) is 5.10. The molecule has 0 spiro atoms. The molecule has 1 atom stereocenters. The molecule has 0 saturated carbocycles. The average Bonchev–Trinajstić information content (AvgIpc) is 2.38. The van der Waals surface area contributed by atoms with E-state index in [1.165, 1.54) is 0 Å². The van der Waals surface area contributed by atoms with Crippen LogP contribution in [-0.2, 0) is 10.4 Å². The van der Waals surface area contributed by atoms with Gasteiger partial charge in [-0.1, -0.05) is 37.3 Å². The van der Waals surface area contributed by atoms with Crippen LogP contribution in [0.3, 0.4) is 0 Å². The molecule has 1 aromatic carbocycles. The molecule has 0 radical (unpaired) electrons. The second-order valence-electron chi connectivity index (χ2n) is 4.36. The van der Waals surface area contributed by atoms with Gasteiger partial charge in [0.1, 0.15) is 5.60 Å². The molecule has 0 aromatic heterocycles. The van der Waals surface area contributed by atoms with E-state index in [1.54, 1.807) is 18.7 Å².